The Labute approximate surface area is 150 Å². The molecule has 0 fully saturated rings. The molecular formula is C19H14N4O3. The molecule has 2 rings (SSSR count). The molecule has 0 saturated carbocycles. The zero-order valence-electron chi connectivity index (χ0n) is 13.9. The fraction of sp³-hybridized carbons (Fsp3) is 0.316. The van der Waals surface area contributed by atoms with E-state index in [0.29, 0.717) is 5.56 Å². The molecule has 26 heavy (non-hydrogen) atoms. The van der Waals surface area contributed by atoms with Crippen molar-refractivity contribution in [1.82, 2.24) is 0 Å². The molecule has 0 radical (unpaired) electrons. The van der Waals surface area contributed by atoms with E-state index in [2.05, 4.69) is 0 Å². The Balaban J connectivity index is 2.92. The van der Waals surface area contributed by atoms with E-state index in [1.807, 2.05) is 0 Å². The SMILES string of the molecule is CCOC(=O)C1=C(O)CC(C#N)(C#N)C(C#N)(C#N)[C@@H]1c1ccccc1. The van der Waals surface area contributed by atoms with Crippen LogP contribution < -0.4 is 0 Å². The predicted octanol–water partition coefficient (Wildman–Crippen LogP) is 2.62. The van der Waals surface area contributed by atoms with Gasteiger partial charge in [0.15, 0.2) is 10.8 Å². The second kappa shape index (κ2) is 6.98. The lowest BCUT2D eigenvalue weighted by Gasteiger charge is -2.42. The van der Waals surface area contributed by atoms with Gasteiger partial charge in [0.2, 0.25) is 0 Å². The largest absolute Gasteiger partial charge is 0.512 e. The van der Waals surface area contributed by atoms with Crippen molar-refractivity contribution in [1.29, 1.82) is 21.0 Å². The van der Waals surface area contributed by atoms with Crippen molar-refractivity contribution in [3.05, 3.63) is 47.2 Å². The van der Waals surface area contributed by atoms with Crippen LogP contribution in [0.2, 0.25) is 0 Å². The van der Waals surface area contributed by atoms with Crippen molar-refractivity contribution in [2.75, 3.05) is 6.61 Å². The van der Waals surface area contributed by atoms with Gasteiger partial charge in [0.1, 0.15) is 5.76 Å². The lowest BCUT2D eigenvalue weighted by molar-refractivity contribution is -0.139. The Morgan fingerprint density at radius 3 is 2.19 bits per heavy atom. The lowest BCUT2D eigenvalue weighted by Crippen LogP contribution is -2.48. The summed E-state index contributed by atoms with van der Waals surface area (Å²) in [5, 5.41) is 49.4. The third kappa shape index (κ3) is 2.44. The van der Waals surface area contributed by atoms with Gasteiger partial charge in [-0.25, -0.2) is 4.79 Å². The standard InChI is InChI=1S/C19H14N4O3/c1-2-26-17(25)15-14(24)8-18(9-20,10-21)19(11-22,12-23)16(15)13-6-4-3-5-7-13/h3-7,16,24H,2,8H2,1H3/t16-/m1/s1. The number of benzene rings is 1. The number of aliphatic hydroxyl groups is 1. The summed E-state index contributed by atoms with van der Waals surface area (Å²) < 4.78 is 4.98. The number of rotatable bonds is 3. The van der Waals surface area contributed by atoms with Gasteiger partial charge < -0.3 is 9.84 Å². The molecule has 0 heterocycles. The minimum Gasteiger partial charge on any atom is -0.512 e. The van der Waals surface area contributed by atoms with E-state index < -0.39 is 34.9 Å². The number of esters is 1. The Bertz CT molecular complexity index is 895. The summed E-state index contributed by atoms with van der Waals surface area (Å²) in [5.74, 6) is -2.73. The summed E-state index contributed by atoms with van der Waals surface area (Å²) in [6, 6.07) is 15.1. The van der Waals surface area contributed by atoms with Crippen LogP contribution in [0.15, 0.2) is 41.7 Å². The highest BCUT2D eigenvalue weighted by molar-refractivity contribution is 5.92. The Hall–Kier alpha value is -3.81. The molecule has 0 unspecified atom stereocenters. The monoisotopic (exact) mass is 346 g/mol. The lowest BCUT2D eigenvalue weighted by atomic mass is 9.52. The number of carbonyl (C=O) groups is 1. The fourth-order valence-corrected chi connectivity index (χ4v) is 3.25. The molecular weight excluding hydrogens is 332 g/mol. The smallest absolute Gasteiger partial charge is 0.338 e. The first-order valence-electron chi connectivity index (χ1n) is 7.76. The molecule has 1 atom stereocenters. The van der Waals surface area contributed by atoms with Crippen LogP contribution in [-0.4, -0.2) is 17.7 Å². The van der Waals surface area contributed by atoms with Gasteiger partial charge in [-0.1, -0.05) is 30.3 Å². The molecule has 0 amide bonds. The number of aliphatic hydroxyl groups excluding tert-OH is 1. The van der Waals surface area contributed by atoms with Crippen molar-refractivity contribution in [2.45, 2.75) is 19.3 Å². The quantitative estimate of drug-likeness (QED) is 0.829. The minimum absolute atomic E-state index is 0.0187. The predicted molar refractivity (Wildman–Crippen MR) is 87.4 cm³/mol. The molecule has 0 saturated heterocycles. The van der Waals surface area contributed by atoms with E-state index in [9.17, 15) is 30.9 Å². The van der Waals surface area contributed by atoms with Crippen LogP contribution in [-0.2, 0) is 9.53 Å². The summed E-state index contributed by atoms with van der Waals surface area (Å²) in [4.78, 5) is 12.5. The molecule has 1 N–H and O–H groups in total. The second-order valence-electron chi connectivity index (χ2n) is 5.76. The highest BCUT2D eigenvalue weighted by Gasteiger charge is 2.65. The first-order valence-corrected chi connectivity index (χ1v) is 7.76. The van der Waals surface area contributed by atoms with Crippen LogP contribution in [0, 0.1) is 56.2 Å². The zero-order chi connectivity index (χ0) is 19.4. The summed E-state index contributed by atoms with van der Waals surface area (Å²) in [6.07, 6.45) is -0.612. The Morgan fingerprint density at radius 1 is 1.15 bits per heavy atom. The first kappa shape index (κ1) is 18.5. The molecule has 1 aliphatic carbocycles. The van der Waals surface area contributed by atoms with Gasteiger partial charge in [-0.05, 0) is 12.5 Å². The molecule has 128 valence electrons. The molecule has 1 aromatic carbocycles. The fourth-order valence-electron chi connectivity index (χ4n) is 3.25. The van der Waals surface area contributed by atoms with Crippen LogP contribution in [0.25, 0.3) is 0 Å². The van der Waals surface area contributed by atoms with Crippen molar-refractivity contribution < 1.29 is 14.6 Å². The average molecular weight is 346 g/mol. The number of hydrogen-bond acceptors (Lipinski definition) is 7. The van der Waals surface area contributed by atoms with Gasteiger partial charge in [-0.3, -0.25) is 0 Å². The third-order valence-corrected chi connectivity index (χ3v) is 4.50. The maximum atomic E-state index is 12.5. The van der Waals surface area contributed by atoms with Crippen LogP contribution in [0.1, 0.15) is 24.8 Å². The van der Waals surface area contributed by atoms with Crippen molar-refractivity contribution >= 4 is 5.97 Å². The summed E-state index contributed by atoms with van der Waals surface area (Å²) in [5.41, 5.74) is -4.27. The molecule has 7 nitrogen and oxygen atoms in total. The number of nitriles is 4. The number of carbonyl (C=O) groups excluding carboxylic acids is 1. The van der Waals surface area contributed by atoms with Crippen LogP contribution in [0.5, 0.6) is 0 Å². The van der Waals surface area contributed by atoms with Crippen LogP contribution >= 0.6 is 0 Å². The van der Waals surface area contributed by atoms with Crippen molar-refractivity contribution in [2.24, 2.45) is 10.8 Å². The van der Waals surface area contributed by atoms with Gasteiger partial charge in [-0.15, -0.1) is 0 Å². The van der Waals surface area contributed by atoms with E-state index in [4.69, 9.17) is 4.74 Å². The molecule has 1 aliphatic rings. The third-order valence-electron chi connectivity index (χ3n) is 4.50. The van der Waals surface area contributed by atoms with Gasteiger partial charge >= 0.3 is 5.97 Å². The van der Waals surface area contributed by atoms with E-state index in [1.54, 1.807) is 61.5 Å². The number of ether oxygens (including phenoxy) is 1. The summed E-state index contributed by atoms with van der Waals surface area (Å²) in [6.45, 7) is 1.59. The Morgan fingerprint density at radius 2 is 1.73 bits per heavy atom. The summed E-state index contributed by atoms with van der Waals surface area (Å²) >= 11 is 0. The highest BCUT2D eigenvalue weighted by Crippen LogP contribution is 2.58. The van der Waals surface area contributed by atoms with Crippen molar-refractivity contribution in [3.63, 3.8) is 0 Å². The molecule has 1 aromatic rings. The maximum absolute atomic E-state index is 12.5. The van der Waals surface area contributed by atoms with E-state index in [0.717, 1.165) is 0 Å². The number of allylic oxidation sites excluding steroid dienone is 1. The molecule has 7 heteroatoms. The highest BCUT2D eigenvalue weighted by atomic mass is 16.5. The maximum Gasteiger partial charge on any atom is 0.338 e. The number of hydrogen-bond donors (Lipinski definition) is 1. The van der Waals surface area contributed by atoms with Crippen LogP contribution in [0.4, 0.5) is 0 Å². The first-order chi connectivity index (χ1) is 12.5. The van der Waals surface area contributed by atoms with Gasteiger partial charge in [0, 0.05) is 6.42 Å². The van der Waals surface area contributed by atoms with E-state index >= 15 is 0 Å². The topological polar surface area (TPSA) is 142 Å². The normalized spacial score (nSPS) is 20.0. The average Bonchev–Trinajstić information content (AvgIpc) is 2.67. The van der Waals surface area contributed by atoms with Gasteiger partial charge in [0.05, 0.1) is 42.4 Å². The minimum atomic E-state index is -2.20. The van der Waals surface area contributed by atoms with Gasteiger partial charge in [-0.2, -0.15) is 21.0 Å². The van der Waals surface area contributed by atoms with Crippen LogP contribution in [0.3, 0.4) is 0 Å². The molecule has 0 aliphatic heterocycles. The van der Waals surface area contributed by atoms with Gasteiger partial charge in [0.25, 0.3) is 0 Å². The van der Waals surface area contributed by atoms with E-state index in [1.165, 1.54) is 0 Å². The molecule has 0 spiro atoms. The molecule has 0 aromatic heterocycles. The summed E-state index contributed by atoms with van der Waals surface area (Å²) in [7, 11) is 0. The Kier molecular flexibility index (Phi) is 4.97. The molecule has 0 bridgehead atoms. The zero-order valence-corrected chi connectivity index (χ0v) is 13.9. The van der Waals surface area contributed by atoms with Crippen molar-refractivity contribution in [3.8, 4) is 24.3 Å². The second-order valence-corrected chi connectivity index (χ2v) is 5.76. The van der Waals surface area contributed by atoms with E-state index in [-0.39, 0.29) is 12.2 Å². The number of nitrogens with zero attached hydrogens (tertiary/aromatic N) is 4.